The Bertz CT molecular complexity index is 787. The highest BCUT2D eigenvalue weighted by Crippen LogP contribution is 2.49. The van der Waals surface area contributed by atoms with Crippen molar-refractivity contribution in [2.24, 2.45) is 7.05 Å². The van der Waals surface area contributed by atoms with Gasteiger partial charge in [-0.15, -0.1) is 11.3 Å². The Kier molecular flexibility index (Phi) is 2.91. The van der Waals surface area contributed by atoms with Crippen molar-refractivity contribution in [1.82, 2.24) is 9.88 Å². The fourth-order valence-corrected chi connectivity index (χ4v) is 3.14. The van der Waals surface area contributed by atoms with E-state index < -0.39 is 17.6 Å². The molecule has 0 saturated heterocycles. The zero-order valence-corrected chi connectivity index (χ0v) is 11.8. The van der Waals surface area contributed by atoms with E-state index in [1.165, 1.54) is 10.6 Å². The first-order valence-electron chi connectivity index (χ1n) is 6.22. The second kappa shape index (κ2) is 4.33. The van der Waals surface area contributed by atoms with Crippen LogP contribution >= 0.6 is 11.3 Å². The Morgan fingerprint density at radius 3 is 2.67 bits per heavy atom. The molecule has 1 aliphatic carbocycles. The highest BCUT2D eigenvalue weighted by atomic mass is 32.1. The van der Waals surface area contributed by atoms with E-state index in [0.717, 1.165) is 11.3 Å². The van der Waals surface area contributed by atoms with Gasteiger partial charge in [0.05, 0.1) is 4.88 Å². The van der Waals surface area contributed by atoms with Crippen molar-refractivity contribution < 1.29 is 18.0 Å². The summed E-state index contributed by atoms with van der Waals surface area (Å²) in [4.78, 5) is 24.0. The lowest BCUT2D eigenvalue weighted by Crippen LogP contribution is -2.47. The molecule has 2 aromatic rings. The van der Waals surface area contributed by atoms with Gasteiger partial charge in [0.2, 0.25) is 0 Å². The number of nitrogens with one attached hydrogen (secondary N) is 1. The van der Waals surface area contributed by atoms with Crippen LogP contribution in [0.1, 0.15) is 22.5 Å². The largest absolute Gasteiger partial charge is 0.411 e. The molecular weight excluding hydrogens is 305 g/mol. The third-order valence-corrected chi connectivity index (χ3v) is 4.76. The van der Waals surface area contributed by atoms with Crippen LogP contribution in [0.15, 0.2) is 23.1 Å². The first kappa shape index (κ1) is 14.1. The van der Waals surface area contributed by atoms with Crippen molar-refractivity contribution in [2.75, 3.05) is 0 Å². The standard InChI is InChI=1S/C13H11F3N2O2S/c1-18-5-2-7-6-8(21-9(7)11(18)20)10(19)17-12(3-4-12)13(14,15)16/h2,5-6H,3-4H2,1H3,(H,17,19). The van der Waals surface area contributed by atoms with Gasteiger partial charge in [-0.3, -0.25) is 9.59 Å². The third-order valence-electron chi connectivity index (χ3n) is 3.62. The van der Waals surface area contributed by atoms with Crippen molar-refractivity contribution in [3.05, 3.63) is 33.6 Å². The summed E-state index contributed by atoms with van der Waals surface area (Å²) in [5.74, 6) is -0.784. The first-order chi connectivity index (χ1) is 9.73. The summed E-state index contributed by atoms with van der Waals surface area (Å²) in [5, 5.41) is 2.62. The number of fused-ring (bicyclic) bond motifs is 1. The van der Waals surface area contributed by atoms with Crippen molar-refractivity contribution in [1.29, 1.82) is 0 Å². The number of pyridine rings is 1. The summed E-state index contributed by atoms with van der Waals surface area (Å²) in [6.07, 6.45) is -3.10. The van der Waals surface area contributed by atoms with E-state index in [1.807, 2.05) is 0 Å². The Morgan fingerprint density at radius 2 is 2.10 bits per heavy atom. The molecule has 1 amide bonds. The average Bonchev–Trinajstić information content (AvgIpc) is 3.05. The second-order valence-electron chi connectivity index (χ2n) is 5.16. The van der Waals surface area contributed by atoms with Gasteiger partial charge in [0.15, 0.2) is 0 Å². The van der Waals surface area contributed by atoms with Gasteiger partial charge in [-0.25, -0.2) is 0 Å². The summed E-state index contributed by atoms with van der Waals surface area (Å²) in [6.45, 7) is 0. The van der Waals surface area contributed by atoms with Crippen LogP contribution in [0.2, 0.25) is 0 Å². The molecule has 0 aromatic carbocycles. The lowest BCUT2D eigenvalue weighted by molar-refractivity contribution is -0.163. The van der Waals surface area contributed by atoms with E-state index in [0.29, 0.717) is 10.1 Å². The Labute approximate surface area is 121 Å². The number of hydrogen-bond acceptors (Lipinski definition) is 3. The number of thiophene rings is 1. The SMILES string of the molecule is Cn1ccc2cc(C(=O)NC3(C(F)(F)F)CC3)sc2c1=O. The van der Waals surface area contributed by atoms with Crippen LogP contribution in [0.25, 0.3) is 10.1 Å². The summed E-state index contributed by atoms with van der Waals surface area (Å²) in [6, 6.07) is 3.10. The maximum absolute atomic E-state index is 12.8. The highest BCUT2D eigenvalue weighted by molar-refractivity contribution is 7.20. The molecule has 2 heterocycles. The summed E-state index contributed by atoms with van der Waals surface area (Å²) >= 11 is 0.913. The maximum atomic E-state index is 12.8. The zero-order chi connectivity index (χ0) is 15.4. The Balaban J connectivity index is 1.93. The van der Waals surface area contributed by atoms with Gasteiger partial charge >= 0.3 is 6.18 Å². The molecule has 8 heteroatoms. The molecule has 1 N–H and O–H groups in total. The summed E-state index contributed by atoms with van der Waals surface area (Å²) in [5.41, 5.74) is -2.36. The number of halogens is 3. The van der Waals surface area contributed by atoms with E-state index in [-0.39, 0.29) is 23.3 Å². The van der Waals surface area contributed by atoms with Gasteiger partial charge < -0.3 is 9.88 Å². The molecule has 0 atom stereocenters. The first-order valence-corrected chi connectivity index (χ1v) is 7.04. The smallest absolute Gasteiger partial charge is 0.337 e. The predicted octanol–water partition coefficient (Wildman–Crippen LogP) is 2.42. The van der Waals surface area contributed by atoms with E-state index in [4.69, 9.17) is 0 Å². The molecule has 0 unspecified atom stereocenters. The molecule has 0 aliphatic heterocycles. The molecule has 3 rings (SSSR count). The maximum Gasteiger partial charge on any atom is 0.411 e. The molecule has 1 aliphatic rings. The molecule has 0 spiro atoms. The van der Waals surface area contributed by atoms with Crippen LogP contribution in [0, 0.1) is 0 Å². The average molecular weight is 316 g/mol. The summed E-state index contributed by atoms with van der Waals surface area (Å²) < 4.78 is 40.2. The lowest BCUT2D eigenvalue weighted by Gasteiger charge is -2.20. The number of hydrogen-bond donors (Lipinski definition) is 1. The van der Waals surface area contributed by atoms with E-state index in [2.05, 4.69) is 5.32 Å². The van der Waals surface area contributed by atoms with E-state index >= 15 is 0 Å². The van der Waals surface area contributed by atoms with Crippen LogP contribution < -0.4 is 10.9 Å². The van der Waals surface area contributed by atoms with Crippen molar-refractivity contribution in [3.63, 3.8) is 0 Å². The number of aromatic nitrogens is 1. The zero-order valence-electron chi connectivity index (χ0n) is 11.0. The molecule has 2 aromatic heterocycles. The normalized spacial score (nSPS) is 17.0. The molecule has 0 bridgehead atoms. The number of rotatable bonds is 2. The fourth-order valence-electron chi connectivity index (χ4n) is 2.11. The summed E-state index contributed by atoms with van der Waals surface area (Å²) in [7, 11) is 1.57. The highest BCUT2D eigenvalue weighted by Gasteiger charge is 2.64. The Morgan fingerprint density at radius 1 is 1.43 bits per heavy atom. The Hall–Kier alpha value is -1.83. The monoisotopic (exact) mass is 316 g/mol. The number of amides is 1. The topological polar surface area (TPSA) is 51.1 Å². The number of aryl methyl sites for hydroxylation is 1. The van der Waals surface area contributed by atoms with Gasteiger partial charge in [-0.2, -0.15) is 13.2 Å². The number of carbonyl (C=O) groups is 1. The molecule has 0 radical (unpaired) electrons. The van der Waals surface area contributed by atoms with Gasteiger partial charge in [-0.1, -0.05) is 0 Å². The number of alkyl halides is 3. The lowest BCUT2D eigenvalue weighted by atomic mass is 10.2. The van der Waals surface area contributed by atoms with Gasteiger partial charge in [0.1, 0.15) is 10.2 Å². The molecule has 1 fully saturated rings. The molecular formula is C13H11F3N2O2S. The quantitative estimate of drug-likeness (QED) is 0.925. The molecule has 4 nitrogen and oxygen atoms in total. The molecule has 1 saturated carbocycles. The minimum Gasteiger partial charge on any atom is -0.337 e. The fraction of sp³-hybridized carbons (Fsp3) is 0.385. The van der Waals surface area contributed by atoms with Gasteiger partial charge in [-0.05, 0) is 25.0 Å². The van der Waals surface area contributed by atoms with Gasteiger partial charge in [0, 0.05) is 18.6 Å². The van der Waals surface area contributed by atoms with Crippen molar-refractivity contribution >= 4 is 27.3 Å². The minimum absolute atomic E-state index is 0.102. The van der Waals surface area contributed by atoms with Crippen LogP contribution in [0.5, 0.6) is 0 Å². The number of nitrogens with zero attached hydrogens (tertiary/aromatic N) is 1. The van der Waals surface area contributed by atoms with Crippen molar-refractivity contribution in [3.8, 4) is 0 Å². The predicted molar refractivity (Wildman–Crippen MR) is 72.6 cm³/mol. The second-order valence-corrected chi connectivity index (χ2v) is 6.21. The third kappa shape index (κ3) is 2.23. The molecule has 112 valence electrons. The van der Waals surface area contributed by atoms with E-state index in [1.54, 1.807) is 19.3 Å². The van der Waals surface area contributed by atoms with Gasteiger partial charge in [0.25, 0.3) is 11.5 Å². The van der Waals surface area contributed by atoms with E-state index in [9.17, 15) is 22.8 Å². The van der Waals surface area contributed by atoms with Crippen molar-refractivity contribution in [2.45, 2.75) is 24.6 Å². The van der Waals surface area contributed by atoms with Crippen LogP contribution in [-0.2, 0) is 7.05 Å². The number of carbonyl (C=O) groups excluding carboxylic acids is 1. The molecule has 21 heavy (non-hydrogen) atoms. The van der Waals surface area contributed by atoms with Crippen LogP contribution in [0.4, 0.5) is 13.2 Å². The van der Waals surface area contributed by atoms with Crippen LogP contribution in [-0.4, -0.2) is 22.2 Å². The van der Waals surface area contributed by atoms with Crippen LogP contribution in [0.3, 0.4) is 0 Å². The minimum atomic E-state index is -4.45.